The van der Waals surface area contributed by atoms with E-state index in [9.17, 15) is 13.2 Å². The first-order chi connectivity index (χ1) is 11.5. The standard InChI is InChI=1S/C17H22O6S/c1-2-23-15(18)17(12-22-13-17)24(19,20)16(8-9-16)11-21-10-14-6-4-3-5-7-14/h3-7H,2,8-13H2,1H3. The van der Waals surface area contributed by atoms with Gasteiger partial charge in [0.1, 0.15) is 0 Å². The van der Waals surface area contributed by atoms with Crippen LogP contribution in [0.4, 0.5) is 0 Å². The highest BCUT2D eigenvalue weighted by atomic mass is 32.2. The maximum absolute atomic E-state index is 13.1. The first kappa shape index (κ1) is 17.4. The lowest BCUT2D eigenvalue weighted by Gasteiger charge is -2.40. The van der Waals surface area contributed by atoms with Crippen molar-refractivity contribution in [3.05, 3.63) is 35.9 Å². The number of ether oxygens (including phenoxy) is 3. The molecule has 0 aromatic heterocycles. The SMILES string of the molecule is CCOC(=O)C1(S(=O)(=O)C2(COCc3ccccc3)CC2)COC1. The normalized spacial score (nSPS) is 20.9. The summed E-state index contributed by atoms with van der Waals surface area (Å²) in [6, 6.07) is 9.57. The molecule has 0 atom stereocenters. The van der Waals surface area contributed by atoms with Gasteiger partial charge in [-0.3, -0.25) is 4.79 Å². The van der Waals surface area contributed by atoms with Crippen LogP contribution in [0.15, 0.2) is 30.3 Å². The van der Waals surface area contributed by atoms with E-state index in [2.05, 4.69) is 0 Å². The van der Waals surface area contributed by atoms with Crippen LogP contribution in [-0.2, 0) is 35.4 Å². The number of rotatable bonds is 8. The van der Waals surface area contributed by atoms with Crippen molar-refractivity contribution in [3.63, 3.8) is 0 Å². The van der Waals surface area contributed by atoms with E-state index in [0.29, 0.717) is 19.4 Å². The maximum atomic E-state index is 13.1. The first-order valence-corrected chi connectivity index (χ1v) is 9.57. The van der Waals surface area contributed by atoms with Gasteiger partial charge in [-0.25, -0.2) is 8.42 Å². The van der Waals surface area contributed by atoms with Gasteiger partial charge in [0.25, 0.3) is 0 Å². The molecule has 24 heavy (non-hydrogen) atoms. The van der Waals surface area contributed by atoms with Gasteiger partial charge in [0.15, 0.2) is 9.84 Å². The third-order valence-electron chi connectivity index (χ3n) is 4.69. The molecule has 1 saturated heterocycles. The van der Waals surface area contributed by atoms with Gasteiger partial charge in [0.05, 0.1) is 37.8 Å². The largest absolute Gasteiger partial charge is 0.465 e. The fourth-order valence-electron chi connectivity index (χ4n) is 2.91. The molecular formula is C17H22O6S. The Balaban J connectivity index is 1.70. The molecule has 7 heteroatoms. The predicted octanol–water partition coefficient (Wildman–Crippen LogP) is 1.48. The fraction of sp³-hybridized carbons (Fsp3) is 0.588. The third-order valence-corrected chi connectivity index (χ3v) is 7.78. The lowest BCUT2D eigenvalue weighted by Crippen LogP contribution is -2.65. The number of esters is 1. The highest BCUT2D eigenvalue weighted by molar-refractivity contribution is 7.95. The zero-order chi connectivity index (χ0) is 17.3. The molecule has 0 N–H and O–H groups in total. The monoisotopic (exact) mass is 354 g/mol. The molecule has 1 aliphatic heterocycles. The topological polar surface area (TPSA) is 78.9 Å². The summed E-state index contributed by atoms with van der Waals surface area (Å²) in [6.07, 6.45) is 1.01. The Hall–Kier alpha value is -1.44. The maximum Gasteiger partial charge on any atom is 0.332 e. The minimum absolute atomic E-state index is 0.0887. The average molecular weight is 354 g/mol. The Morgan fingerprint density at radius 1 is 1.21 bits per heavy atom. The van der Waals surface area contributed by atoms with Crippen molar-refractivity contribution in [1.82, 2.24) is 0 Å². The van der Waals surface area contributed by atoms with E-state index in [1.807, 2.05) is 30.3 Å². The molecule has 0 radical (unpaired) electrons. The van der Waals surface area contributed by atoms with Crippen LogP contribution in [0.3, 0.4) is 0 Å². The van der Waals surface area contributed by atoms with Gasteiger partial charge in [-0.1, -0.05) is 30.3 Å². The Labute approximate surface area is 142 Å². The average Bonchev–Trinajstić information content (AvgIpc) is 3.29. The molecule has 0 amide bonds. The van der Waals surface area contributed by atoms with Gasteiger partial charge in [-0.15, -0.1) is 0 Å². The van der Waals surface area contributed by atoms with Crippen molar-refractivity contribution < 1.29 is 27.4 Å². The molecule has 2 aliphatic rings. The molecule has 3 rings (SSSR count). The zero-order valence-corrected chi connectivity index (χ0v) is 14.5. The van der Waals surface area contributed by atoms with E-state index >= 15 is 0 Å². The zero-order valence-electron chi connectivity index (χ0n) is 13.7. The van der Waals surface area contributed by atoms with Gasteiger partial charge in [-0.05, 0) is 25.3 Å². The van der Waals surface area contributed by atoms with Crippen molar-refractivity contribution >= 4 is 15.8 Å². The lowest BCUT2D eigenvalue weighted by atomic mass is 10.1. The van der Waals surface area contributed by atoms with Gasteiger partial charge < -0.3 is 14.2 Å². The highest BCUT2D eigenvalue weighted by Gasteiger charge is 2.69. The van der Waals surface area contributed by atoms with E-state index in [0.717, 1.165) is 5.56 Å². The van der Waals surface area contributed by atoms with Crippen LogP contribution >= 0.6 is 0 Å². The minimum Gasteiger partial charge on any atom is -0.465 e. The molecule has 1 aromatic carbocycles. The summed E-state index contributed by atoms with van der Waals surface area (Å²) >= 11 is 0. The van der Waals surface area contributed by atoms with E-state index in [1.54, 1.807) is 6.92 Å². The smallest absolute Gasteiger partial charge is 0.332 e. The van der Waals surface area contributed by atoms with E-state index in [-0.39, 0.29) is 26.4 Å². The molecule has 1 aromatic rings. The fourth-order valence-corrected chi connectivity index (χ4v) is 5.37. The van der Waals surface area contributed by atoms with E-state index in [4.69, 9.17) is 14.2 Å². The van der Waals surface area contributed by atoms with Crippen molar-refractivity contribution in [1.29, 1.82) is 0 Å². The summed E-state index contributed by atoms with van der Waals surface area (Å²) in [7, 11) is -3.75. The molecule has 2 fully saturated rings. The van der Waals surface area contributed by atoms with Crippen molar-refractivity contribution in [3.8, 4) is 0 Å². The third kappa shape index (κ3) is 2.74. The summed E-state index contributed by atoms with van der Waals surface area (Å²) in [5.41, 5.74) is 0.984. The molecule has 0 spiro atoms. The Morgan fingerprint density at radius 3 is 2.38 bits per heavy atom. The predicted molar refractivity (Wildman–Crippen MR) is 87.2 cm³/mol. The van der Waals surface area contributed by atoms with Gasteiger partial charge >= 0.3 is 5.97 Å². The molecule has 132 valence electrons. The Morgan fingerprint density at radius 2 is 1.88 bits per heavy atom. The van der Waals surface area contributed by atoms with Crippen LogP contribution < -0.4 is 0 Å². The summed E-state index contributed by atoms with van der Waals surface area (Å²) in [6.45, 7) is 1.98. The second-order valence-corrected chi connectivity index (χ2v) is 9.03. The van der Waals surface area contributed by atoms with Crippen LogP contribution in [0.2, 0.25) is 0 Å². The van der Waals surface area contributed by atoms with Crippen LogP contribution in [0.5, 0.6) is 0 Å². The number of hydrogen-bond donors (Lipinski definition) is 0. The van der Waals surface area contributed by atoms with Crippen molar-refractivity contribution in [2.45, 2.75) is 35.9 Å². The van der Waals surface area contributed by atoms with E-state index < -0.39 is 25.3 Å². The number of benzene rings is 1. The molecular weight excluding hydrogens is 332 g/mol. The summed E-state index contributed by atoms with van der Waals surface area (Å²) in [5, 5.41) is 0. The number of carbonyl (C=O) groups is 1. The lowest BCUT2D eigenvalue weighted by molar-refractivity contribution is -0.158. The Bertz CT molecular complexity index is 689. The summed E-state index contributed by atoms with van der Waals surface area (Å²) < 4.78 is 39.4. The van der Waals surface area contributed by atoms with Gasteiger partial charge in [0, 0.05) is 0 Å². The number of sulfone groups is 1. The molecule has 1 heterocycles. The molecule has 0 unspecified atom stereocenters. The summed E-state index contributed by atoms with van der Waals surface area (Å²) in [5.74, 6) is -0.703. The van der Waals surface area contributed by atoms with Crippen LogP contribution in [0.25, 0.3) is 0 Å². The van der Waals surface area contributed by atoms with Crippen molar-refractivity contribution in [2.24, 2.45) is 0 Å². The second kappa shape index (κ2) is 6.46. The van der Waals surface area contributed by atoms with Crippen molar-refractivity contribution in [2.75, 3.05) is 26.4 Å². The van der Waals surface area contributed by atoms with Gasteiger partial charge in [-0.2, -0.15) is 0 Å². The molecule has 6 nitrogen and oxygen atoms in total. The van der Waals surface area contributed by atoms with Crippen LogP contribution in [-0.4, -0.2) is 50.3 Å². The van der Waals surface area contributed by atoms with Crippen LogP contribution in [0.1, 0.15) is 25.3 Å². The molecule has 1 aliphatic carbocycles. The highest BCUT2D eigenvalue weighted by Crippen LogP contribution is 2.50. The molecule has 1 saturated carbocycles. The Kier molecular flexibility index (Phi) is 4.68. The summed E-state index contributed by atoms with van der Waals surface area (Å²) in [4.78, 5) is 12.2. The van der Waals surface area contributed by atoms with E-state index in [1.165, 1.54) is 0 Å². The second-order valence-electron chi connectivity index (χ2n) is 6.37. The number of carbonyl (C=O) groups excluding carboxylic acids is 1. The molecule has 0 bridgehead atoms. The van der Waals surface area contributed by atoms with Crippen LogP contribution in [0, 0.1) is 0 Å². The first-order valence-electron chi connectivity index (χ1n) is 8.08. The van der Waals surface area contributed by atoms with Gasteiger partial charge in [0.2, 0.25) is 4.75 Å². The quantitative estimate of drug-likeness (QED) is 0.658. The minimum atomic E-state index is -3.75. The number of hydrogen-bond acceptors (Lipinski definition) is 6.